The van der Waals surface area contributed by atoms with Gasteiger partial charge in [0.2, 0.25) is 5.91 Å². The molecule has 0 N–H and O–H groups in total. The van der Waals surface area contributed by atoms with Crippen molar-refractivity contribution in [3.63, 3.8) is 0 Å². The summed E-state index contributed by atoms with van der Waals surface area (Å²) in [7, 11) is 2.60. The minimum absolute atomic E-state index is 0.251. The lowest BCUT2D eigenvalue weighted by Crippen LogP contribution is -2.15. The Bertz CT molecular complexity index is 763. The van der Waals surface area contributed by atoms with Crippen molar-refractivity contribution in [3.8, 4) is 0 Å². The van der Waals surface area contributed by atoms with Gasteiger partial charge in [0, 0.05) is 40.6 Å². The number of carbonyl (C=O) groups is 3. The SMILES string of the molecule is COC(=O)c1ccccc1SN(Sc1ccccc1C(=O)OC)C(C)=O. The fraction of sp³-hybridized carbons (Fsp3) is 0.167. The molecule has 2 aromatic rings. The van der Waals surface area contributed by atoms with Crippen LogP contribution < -0.4 is 0 Å². The molecule has 0 fully saturated rings. The topological polar surface area (TPSA) is 72.9 Å². The zero-order valence-electron chi connectivity index (χ0n) is 14.4. The van der Waals surface area contributed by atoms with Crippen molar-refractivity contribution in [2.24, 2.45) is 0 Å². The highest BCUT2D eigenvalue weighted by atomic mass is 32.2. The largest absolute Gasteiger partial charge is 0.465 e. The smallest absolute Gasteiger partial charge is 0.339 e. The van der Waals surface area contributed by atoms with E-state index in [1.807, 2.05) is 0 Å². The molecule has 6 nitrogen and oxygen atoms in total. The molecule has 136 valence electrons. The summed E-state index contributed by atoms with van der Waals surface area (Å²) in [6.45, 7) is 1.40. The second-order valence-corrected chi connectivity index (χ2v) is 7.14. The van der Waals surface area contributed by atoms with E-state index in [0.717, 1.165) is 23.9 Å². The molecule has 0 aromatic heterocycles. The minimum atomic E-state index is -0.489. The number of benzene rings is 2. The number of amides is 1. The zero-order chi connectivity index (χ0) is 19.1. The number of esters is 2. The Morgan fingerprint density at radius 2 is 1.15 bits per heavy atom. The van der Waals surface area contributed by atoms with Gasteiger partial charge in [-0.25, -0.2) is 13.3 Å². The Kier molecular flexibility index (Phi) is 7.11. The van der Waals surface area contributed by atoms with Crippen LogP contribution in [-0.4, -0.2) is 35.8 Å². The van der Waals surface area contributed by atoms with Crippen molar-refractivity contribution in [3.05, 3.63) is 59.7 Å². The van der Waals surface area contributed by atoms with E-state index < -0.39 is 11.9 Å². The second-order valence-electron chi connectivity index (χ2n) is 4.93. The van der Waals surface area contributed by atoms with Crippen LogP contribution in [0.15, 0.2) is 58.3 Å². The molecule has 1 amide bonds. The van der Waals surface area contributed by atoms with Gasteiger partial charge in [0.15, 0.2) is 0 Å². The van der Waals surface area contributed by atoms with E-state index in [2.05, 4.69) is 0 Å². The summed E-state index contributed by atoms with van der Waals surface area (Å²) in [5.41, 5.74) is 0.709. The highest BCUT2D eigenvalue weighted by molar-refractivity contribution is 8.12. The summed E-state index contributed by atoms with van der Waals surface area (Å²) < 4.78 is 10.9. The van der Waals surface area contributed by atoms with Gasteiger partial charge in [-0.2, -0.15) is 0 Å². The van der Waals surface area contributed by atoms with Crippen LogP contribution in [0, 0.1) is 0 Å². The number of rotatable bonds is 6. The minimum Gasteiger partial charge on any atom is -0.465 e. The molecule has 0 aliphatic carbocycles. The fourth-order valence-corrected chi connectivity index (χ4v) is 4.00. The molecule has 2 rings (SSSR count). The lowest BCUT2D eigenvalue weighted by molar-refractivity contribution is -0.120. The van der Waals surface area contributed by atoms with Crippen molar-refractivity contribution in [2.75, 3.05) is 14.2 Å². The predicted octanol–water partition coefficient (Wildman–Crippen LogP) is 3.82. The molecule has 0 bridgehead atoms. The molecule has 0 aliphatic rings. The highest BCUT2D eigenvalue weighted by Gasteiger charge is 2.21. The fourth-order valence-electron chi connectivity index (χ4n) is 1.98. The van der Waals surface area contributed by atoms with E-state index in [4.69, 9.17) is 9.47 Å². The second kappa shape index (κ2) is 9.30. The summed E-state index contributed by atoms with van der Waals surface area (Å²) in [4.78, 5) is 37.1. The van der Waals surface area contributed by atoms with Crippen LogP contribution in [0.5, 0.6) is 0 Å². The number of methoxy groups -OCH3 is 2. The predicted molar refractivity (Wildman–Crippen MR) is 99.8 cm³/mol. The number of ether oxygens (including phenoxy) is 2. The van der Waals surface area contributed by atoms with Gasteiger partial charge < -0.3 is 9.47 Å². The average Bonchev–Trinajstić information content (AvgIpc) is 2.67. The lowest BCUT2D eigenvalue weighted by atomic mass is 10.2. The van der Waals surface area contributed by atoms with Gasteiger partial charge in [-0.15, -0.1) is 0 Å². The molecule has 8 heteroatoms. The van der Waals surface area contributed by atoms with E-state index in [9.17, 15) is 14.4 Å². The number of nitrogens with zero attached hydrogens (tertiary/aromatic N) is 1. The molecule has 0 atom stereocenters. The molecule has 0 saturated heterocycles. The van der Waals surface area contributed by atoms with Crippen molar-refractivity contribution in [2.45, 2.75) is 16.7 Å². The Balaban J connectivity index is 2.32. The van der Waals surface area contributed by atoms with Gasteiger partial charge in [0.1, 0.15) is 0 Å². The molecular formula is C18H17NO5S2. The van der Waals surface area contributed by atoms with Crippen molar-refractivity contribution < 1.29 is 23.9 Å². The third kappa shape index (κ3) is 4.80. The molecule has 2 aromatic carbocycles. The van der Waals surface area contributed by atoms with Gasteiger partial charge in [0.05, 0.1) is 25.3 Å². The normalized spacial score (nSPS) is 10.1. The van der Waals surface area contributed by atoms with Crippen LogP contribution in [0.4, 0.5) is 0 Å². The van der Waals surface area contributed by atoms with Crippen LogP contribution in [0.25, 0.3) is 0 Å². The first-order valence-corrected chi connectivity index (χ1v) is 9.04. The lowest BCUT2D eigenvalue weighted by Gasteiger charge is -2.20. The molecule has 0 unspecified atom stereocenters. The summed E-state index contributed by atoms with van der Waals surface area (Å²) >= 11 is 2.17. The Morgan fingerprint density at radius 1 is 0.769 bits per heavy atom. The van der Waals surface area contributed by atoms with Crippen molar-refractivity contribution in [1.29, 1.82) is 0 Å². The van der Waals surface area contributed by atoms with Gasteiger partial charge in [0.25, 0.3) is 0 Å². The molecule has 0 aliphatic heterocycles. The maximum Gasteiger partial charge on any atom is 0.339 e. The number of hydrogen-bond acceptors (Lipinski definition) is 7. The first-order valence-electron chi connectivity index (χ1n) is 7.49. The van der Waals surface area contributed by atoms with Crippen LogP contribution >= 0.6 is 23.9 Å². The molecule has 0 heterocycles. The number of hydrogen-bond donors (Lipinski definition) is 0. The quantitative estimate of drug-likeness (QED) is 0.547. The molecule has 0 spiro atoms. The van der Waals surface area contributed by atoms with Gasteiger partial charge >= 0.3 is 11.9 Å². The van der Waals surface area contributed by atoms with E-state index in [-0.39, 0.29) is 5.91 Å². The monoisotopic (exact) mass is 391 g/mol. The molecule has 0 saturated carbocycles. The van der Waals surface area contributed by atoms with E-state index in [1.165, 1.54) is 24.9 Å². The van der Waals surface area contributed by atoms with E-state index >= 15 is 0 Å². The third-order valence-corrected chi connectivity index (χ3v) is 5.60. The van der Waals surface area contributed by atoms with Crippen LogP contribution in [-0.2, 0) is 14.3 Å². The van der Waals surface area contributed by atoms with Crippen molar-refractivity contribution >= 4 is 41.7 Å². The highest BCUT2D eigenvalue weighted by Crippen LogP contribution is 2.37. The maximum absolute atomic E-state index is 12.1. The van der Waals surface area contributed by atoms with Crippen LogP contribution in [0.1, 0.15) is 27.6 Å². The van der Waals surface area contributed by atoms with Gasteiger partial charge in [-0.05, 0) is 24.3 Å². The number of carbonyl (C=O) groups excluding carboxylic acids is 3. The summed E-state index contributed by atoms with van der Waals surface area (Å²) in [6.07, 6.45) is 0. The van der Waals surface area contributed by atoms with E-state index in [0.29, 0.717) is 20.9 Å². The van der Waals surface area contributed by atoms with E-state index in [1.54, 1.807) is 48.5 Å². The molecular weight excluding hydrogens is 374 g/mol. The Morgan fingerprint density at radius 3 is 1.50 bits per heavy atom. The van der Waals surface area contributed by atoms with Crippen LogP contribution in [0.2, 0.25) is 0 Å². The summed E-state index contributed by atoms with van der Waals surface area (Å²) in [5, 5.41) is 0. The average molecular weight is 391 g/mol. The Labute approximate surface area is 160 Å². The zero-order valence-corrected chi connectivity index (χ0v) is 16.1. The van der Waals surface area contributed by atoms with Gasteiger partial charge in [-0.3, -0.25) is 4.79 Å². The first kappa shape index (κ1) is 19.9. The summed E-state index contributed by atoms with van der Waals surface area (Å²) in [6, 6.07) is 13.7. The Hall–Kier alpha value is -2.45. The molecule has 26 heavy (non-hydrogen) atoms. The first-order chi connectivity index (χ1) is 12.5. The van der Waals surface area contributed by atoms with Crippen molar-refractivity contribution in [1.82, 2.24) is 3.71 Å². The third-order valence-electron chi connectivity index (χ3n) is 3.20. The molecule has 0 radical (unpaired) electrons. The maximum atomic E-state index is 12.1. The van der Waals surface area contributed by atoms with Gasteiger partial charge in [-0.1, -0.05) is 24.3 Å². The summed E-state index contributed by atoms with van der Waals surface area (Å²) in [5.74, 6) is -1.23. The van der Waals surface area contributed by atoms with Crippen LogP contribution in [0.3, 0.4) is 0 Å². The standard InChI is InChI=1S/C18H17NO5S2/c1-12(20)19(25-15-10-6-4-8-13(15)17(21)23-2)26-16-11-7-5-9-14(16)18(22)24-3/h4-11H,1-3H3.